The van der Waals surface area contributed by atoms with E-state index >= 15 is 0 Å². The van der Waals surface area contributed by atoms with Crippen molar-refractivity contribution in [2.24, 2.45) is 11.1 Å². The zero-order valence-electron chi connectivity index (χ0n) is 15.4. The van der Waals surface area contributed by atoms with Crippen molar-refractivity contribution in [3.8, 4) is 0 Å². The predicted molar refractivity (Wildman–Crippen MR) is 107 cm³/mol. The smallest absolute Gasteiger partial charge is 0.238 e. The molecule has 2 N–H and O–H groups in total. The van der Waals surface area contributed by atoms with Crippen LogP contribution >= 0.6 is 0 Å². The highest BCUT2D eigenvalue weighted by atomic mass is 32.2. The minimum Gasteiger partial charge on any atom is -0.374 e. The summed E-state index contributed by atoms with van der Waals surface area (Å²) in [5.41, 5.74) is 3.61. The summed E-state index contributed by atoms with van der Waals surface area (Å²) >= 11 is 0. The van der Waals surface area contributed by atoms with E-state index in [1.54, 1.807) is 12.1 Å². The van der Waals surface area contributed by atoms with Gasteiger partial charge in [-0.1, -0.05) is 12.1 Å². The summed E-state index contributed by atoms with van der Waals surface area (Å²) < 4.78 is 22.7. The Morgan fingerprint density at radius 3 is 2.35 bits per heavy atom. The maximum Gasteiger partial charge on any atom is 0.238 e. The molecule has 1 aliphatic heterocycles. The SMILES string of the molecule is Cc1cccc(N(C)CC2CCN(c3ccc(S(N)(=O)=O)cc3)CC2)c1. The highest BCUT2D eigenvalue weighted by Gasteiger charge is 2.21. The molecule has 0 atom stereocenters. The van der Waals surface area contributed by atoms with Gasteiger partial charge in [0.25, 0.3) is 0 Å². The molecule has 1 heterocycles. The number of nitrogens with zero attached hydrogens (tertiary/aromatic N) is 2. The average molecular weight is 374 g/mol. The van der Waals surface area contributed by atoms with Gasteiger partial charge < -0.3 is 9.80 Å². The lowest BCUT2D eigenvalue weighted by Gasteiger charge is -2.35. The van der Waals surface area contributed by atoms with Crippen molar-refractivity contribution < 1.29 is 8.42 Å². The Labute approximate surface area is 156 Å². The molecule has 3 rings (SSSR count). The van der Waals surface area contributed by atoms with Crippen LogP contribution in [0.25, 0.3) is 0 Å². The lowest BCUT2D eigenvalue weighted by atomic mass is 9.95. The van der Waals surface area contributed by atoms with Gasteiger partial charge in [0.15, 0.2) is 0 Å². The molecule has 1 saturated heterocycles. The van der Waals surface area contributed by atoms with E-state index in [-0.39, 0.29) is 4.90 Å². The first-order chi connectivity index (χ1) is 12.3. The first-order valence-electron chi connectivity index (χ1n) is 8.98. The molecular formula is C20H27N3O2S. The molecule has 0 saturated carbocycles. The summed E-state index contributed by atoms with van der Waals surface area (Å²) in [6, 6.07) is 15.5. The molecular weight excluding hydrogens is 346 g/mol. The van der Waals surface area contributed by atoms with Crippen LogP contribution in [0.15, 0.2) is 53.4 Å². The molecule has 26 heavy (non-hydrogen) atoms. The molecule has 0 aliphatic carbocycles. The van der Waals surface area contributed by atoms with Gasteiger partial charge in [-0.25, -0.2) is 13.6 Å². The van der Waals surface area contributed by atoms with Gasteiger partial charge >= 0.3 is 0 Å². The van der Waals surface area contributed by atoms with Crippen LogP contribution in [0.1, 0.15) is 18.4 Å². The molecule has 0 unspecified atom stereocenters. The maximum atomic E-state index is 11.4. The van der Waals surface area contributed by atoms with Crippen LogP contribution < -0.4 is 14.9 Å². The molecule has 2 aromatic rings. The number of hydrogen-bond donors (Lipinski definition) is 1. The number of hydrogen-bond acceptors (Lipinski definition) is 4. The fourth-order valence-corrected chi connectivity index (χ4v) is 4.09. The third-order valence-corrected chi connectivity index (χ3v) is 6.05. The Balaban J connectivity index is 1.55. The van der Waals surface area contributed by atoms with Gasteiger partial charge in [0.2, 0.25) is 10.0 Å². The summed E-state index contributed by atoms with van der Waals surface area (Å²) in [7, 11) is -1.47. The van der Waals surface area contributed by atoms with E-state index in [2.05, 4.69) is 48.0 Å². The highest BCUT2D eigenvalue weighted by Crippen LogP contribution is 2.26. The van der Waals surface area contributed by atoms with Crippen molar-refractivity contribution in [2.75, 3.05) is 36.5 Å². The second-order valence-corrected chi connectivity index (χ2v) is 8.75. The summed E-state index contributed by atoms with van der Waals surface area (Å²) in [5, 5.41) is 5.16. The van der Waals surface area contributed by atoms with Crippen LogP contribution in [-0.4, -0.2) is 35.1 Å². The molecule has 0 bridgehead atoms. The van der Waals surface area contributed by atoms with Crippen molar-refractivity contribution in [3.05, 3.63) is 54.1 Å². The number of piperidine rings is 1. The standard InChI is InChI=1S/C20H27N3O2S/c1-16-4-3-5-19(14-16)22(2)15-17-10-12-23(13-11-17)18-6-8-20(9-7-18)26(21,24)25/h3-9,14,17H,10-13,15H2,1-2H3,(H2,21,24,25). The summed E-state index contributed by atoms with van der Waals surface area (Å²) in [6.45, 7) is 5.15. The number of nitrogens with two attached hydrogens (primary N) is 1. The monoisotopic (exact) mass is 373 g/mol. The zero-order valence-corrected chi connectivity index (χ0v) is 16.2. The van der Waals surface area contributed by atoms with E-state index in [1.807, 2.05) is 12.1 Å². The molecule has 6 heteroatoms. The molecule has 1 aliphatic rings. The Hall–Kier alpha value is -2.05. The van der Waals surface area contributed by atoms with E-state index in [9.17, 15) is 8.42 Å². The molecule has 0 radical (unpaired) electrons. The first kappa shape index (κ1) is 18.7. The van der Waals surface area contributed by atoms with Gasteiger partial charge in [-0.3, -0.25) is 0 Å². The third-order valence-electron chi connectivity index (χ3n) is 5.12. The van der Waals surface area contributed by atoms with Gasteiger partial charge in [-0.15, -0.1) is 0 Å². The Bertz CT molecular complexity index is 842. The minimum atomic E-state index is -3.63. The van der Waals surface area contributed by atoms with Crippen LogP contribution in [0.2, 0.25) is 0 Å². The zero-order chi connectivity index (χ0) is 18.7. The van der Waals surface area contributed by atoms with Crippen molar-refractivity contribution in [1.82, 2.24) is 0 Å². The maximum absolute atomic E-state index is 11.4. The predicted octanol–water partition coefficient (Wildman–Crippen LogP) is 3.00. The quantitative estimate of drug-likeness (QED) is 0.875. The Kier molecular flexibility index (Phi) is 5.53. The number of anilines is 2. The number of aryl methyl sites for hydroxylation is 1. The fourth-order valence-electron chi connectivity index (χ4n) is 3.58. The Morgan fingerprint density at radius 1 is 1.12 bits per heavy atom. The Morgan fingerprint density at radius 2 is 1.77 bits per heavy atom. The minimum absolute atomic E-state index is 0.163. The number of rotatable bonds is 5. The van der Waals surface area contributed by atoms with Crippen LogP contribution in [0, 0.1) is 12.8 Å². The number of benzene rings is 2. The summed E-state index contributed by atoms with van der Waals surface area (Å²) in [4.78, 5) is 4.82. The van der Waals surface area contributed by atoms with E-state index < -0.39 is 10.0 Å². The van der Waals surface area contributed by atoms with Crippen molar-refractivity contribution in [2.45, 2.75) is 24.7 Å². The molecule has 5 nitrogen and oxygen atoms in total. The van der Waals surface area contributed by atoms with Gasteiger partial charge in [0, 0.05) is 38.1 Å². The lowest BCUT2D eigenvalue weighted by Crippen LogP contribution is -2.37. The van der Waals surface area contributed by atoms with Gasteiger partial charge in [-0.05, 0) is 67.6 Å². The molecule has 1 fully saturated rings. The van der Waals surface area contributed by atoms with Gasteiger partial charge in [0.1, 0.15) is 0 Å². The van der Waals surface area contributed by atoms with Gasteiger partial charge in [-0.2, -0.15) is 0 Å². The number of sulfonamides is 1. The first-order valence-corrected chi connectivity index (χ1v) is 10.5. The highest BCUT2D eigenvalue weighted by molar-refractivity contribution is 7.89. The second kappa shape index (κ2) is 7.68. The topological polar surface area (TPSA) is 66.6 Å². The molecule has 0 spiro atoms. The fraction of sp³-hybridized carbons (Fsp3) is 0.400. The molecule has 0 aromatic heterocycles. The van der Waals surface area contributed by atoms with E-state index in [4.69, 9.17) is 5.14 Å². The molecule has 2 aromatic carbocycles. The summed E-state index contributed by atoms with van der Waals surface area (Å²) in [6.07, 6.45) is 2.26. The lowest BCUT2D eigenvalue weighted by molar-refractivity contribution is 0.409. The van der Waals surface area contributed by atoms with Crippen LogP contribution in [0.3, 0.4) is 0 Å². The van der Waals surface area contributed by atoms with E-state index in [1.165, 1.54) is 11.3 Å². The second-order valence-electron chi connectivity index (χ2n) is 7.19. The van der Waals surface area contributed by atoms with E-state index in [0.29, 0.717) is 5.92 Å². The summed E-state index contributed by atoms with van der Waals surface area (Å²) in [5.74, 6) is 0.667. The van der Waals surface area contributed by atoms with Crippen LogP contribution in [0.5, 0.6) is 0 Å². The van der Waals surface area contributed by atoms with Crippen LogP contribution in [-0.2, 0) is 10.0 Å². The third kappa shape index (κ3) is 4.56. The molecule has 140 valence electrons. The van der Waals surface area contributed by atoms with Gasteiger partial charge in [0.05, 0.1) is 4.90 Å². The number of primary sulfonamides is 1. The van der Waals surface area contributed by atoms with Crippen molar-refractivity contribution in [3.63, 3.8) is 0 Å². The van der Waals surface area contributed by atoms with Crippen molar-refractivity contribution in [1.29, 1.82) is 0 Å². The van der Waals surface area contributed by atoms with E-state index in [0.717, 1.165) is 38.2 Å². The van der Waals surface area contributed by atoms with Crippen LogP contribution in [0.4, 0.5) is 11.4 Å². The normalized spacial score (nSPS) is 15.9. The molecule has 0 amide bonds. The van der Waals surface area contributed by atoms with Crippen molar-refractivity contribution >= 4 is 21.4 Å². The largest absolute Gasteiger partial charge is 0.374 e. The average Bonchev–Trinajstić information content (AvgIpc) is 2.62.